The van der Waals surface area contributed by atoms with Crippen molar-refractivity contribution in [2.24, 2.45) is 0 Å². The quantitative estimate of drug-likeness (QED) is 0.730. The Morgan fingerprint density at radius 3 is 2.72 bits per heavy atom. The highest BCUT2D eigenvalue weighted by Crippen LogP contribution is 2.19. The molecular formula is C17H16FN3O3S. The Bertz CT molecular complexity index is 986. The van der Waals surface area contributed by atoms with Gasteiger partial charge in [0.25, 0.3) is 0 Å². The first-order valence-corrected chi connectivity index (χ1v) is 9.08. The van der Waals surface area contributed by atoms with E-state index in [-0.39, 0.29) is 35.1 Å². The Hall–Kier alpha value is -2.58. The van der Waals surface area contributed by atoms with E-state index in [9.17, 15) is 12.8 Å². The van der Waals surface area contributed by atoms with Crippen LogP contribution in [0.5, 0.6) is 0 Å². The van der Waals surface area contributed by atoms with Gasteiger partial charge in [-0.2, -0.15) is 4.98 Å². The molecule has 0 atom stereocenters. The van der Waals surface area contributed by atoms with Crippen LogP contribution in [0.3, 0.4) is 0 Å². The molecule has 2 aromatic carbocycles. The number of benzene rings is 2. The molecule has 1 heterocycles. The third kappa shape index (κ3) is 4.09. The second-order valence-corrected chi connectivity index (χ2v) is 7.22. The van der Waals surface area contributed by atoms with Gasteiger partial charge in [-0.05, 0) is 36.8 Å². The number of halogens is 1. The lowest BCUT2D eigenvalue weighted by Gasteiger charge is -2.06. The molecule has 25 heavy (non-hydrogen) atoms. The van der Waals surface area contributed by atoms with E-state index < -0.39 is 15.8 Å². The molecule has 0 aliphatic carbocycles. The van der Waals surface area contributed by atoms with E-state index in [1.165, 1.54) is 12.1 Å². The van der Waals surface area contributed by atoms with E-state index in [0.29, 0.717) is 0 Å². The zero-order valence-electron chi connectivity index (χ0n) is 13.4. The fourth-order valence-corrected chi connectivity index (χ4v) is 3.40. The summed E-state index contributed by atoms with van der Waals surface area (Å²) >= 11 is 0. The molecule has 3 rings (SSSR count). The predicted molar refractivity (Wildman–Crippen MR) is 89.8 cm³/mol. The Morgan fingerprint density at radius 1 is 1.16 bits per heavy atom. The first kappa shape index (κ1) is 17.2. The summed E-state index contributed by atoms with van der Waals surface area (Å²) in [4.78, 5) is 4.29. The average molecular weight is 361 g/mol. The van der Waals surface area contributed by atoms with Crippen LogP contribution in [0, 0.1) is 12.7 Å². The van der Waals surface area contributed by atoms with Crippen molar-refractivity contribution in [3.63, 3.8) is 0 Å². The number of aromatic nitrogens is 2. The summed E-state index contributed by atoms with van der Waals surface area (Å²) < 4.78 is 45.7. The van der Waals surface area contributed by atoms with Crippen molar-refractivity contribution in [1.82, 2.24) is 14.9 Å². The second kappa shape index (κ2) is 7.12. The third-order valence-electron chi connectivity index (χ3n) is 3.51. The fraction of sp³-hybridized carbons (Fsp3) is 0.176. The van der Waals surface area contributed by atoms with Crippen molar-refractivity contribution in [2.75, 3.05) is 6.54 Å². The molecule has 0 saturated heterocycles. The summed E-state index contributed by atoms with van der Waals surface area (Å²) in [6.07, 6.45) is 0.201. The molecule has 0 saturated carbocycles. The summed E-state index contributed by atoms with van der Waals surface area (Å²) in [5, 5.41) is 3.73. The Balaban J connectivity index is 1.64. The number of sulfonamides is 1. The Morgan fingerprint density at radius 2 is 1.96 bits per heavy atom. The van der Waals surface area contributed by atoms with Gasteiger partial charge in [-0.15, -0.1) is 0 Å². The minimum absolute atomic E-state index is 0.0924. The normalized spacial score (nSPS) is 11.6. The van der Waals surface area contributed by atoms with Gasteiger partial charge in [0.15, 0.2) is 0 Å². The Labute approximate surface area is 144 Å². The number of hydrogen-bond donors (Lipinski definition) is 1. The molecule has 0 fully saturated rings. The highest BCUT2D eigenvalue weighted by atomic mass is 32.2. The highest BCUT2D eigenvalue weighted by molar-refractivity contribution is 7.89. The van der Waals surface area contributed by atoms with Crippen molar-refractivity contribution in [3.8, 4) is 11.4 Å². The molecule has 0 unspecified atom stereocenters. The van der Waals surface area contributed by atoms with Gasteiger partial charge in [0.05, 0.1) is 10.5 Å². The van der Waals surface area contributed by atoms with Crippen LogP contribution in [0.1, 0.15) is 11.5 Å². The van der Waals surface area contributed by atoms with Gasteiger partial charge in [-0.1, -0.05) is 29.4 Å². The van der Waals surface area contributed by atoms with Crippen molar-refractivity contribution in [1.29, 1.82) is 0 Å². The molecule has 130 valence electrons. The first-order valence-electron chi connectivity index (χ1n) is 7.59. The molecule has 1 aromatic heterocycles. The van der Waals surface area contributed by atoms with Gasteiger partial charge < -0.3 is 4.52 Å². The minimum Gasteiger partial charge on any atom is -0.339 e. The van der Waals surface area contributed by atoms with Crippen LogP contribution in [0.2, 0.25) is 0 Å². The standard InChI is InChI=1S/C17H16FN3O3S/c1-12-5-4-6-13(11-12)25(22,23)19-10-9-16-20-17(21-24-16)14-7-2-3-8-15(14)18/h2-8,11,19H,9-10H2,1H3. The smallest absolute Gasteiger partial charge is 0.240 e. The SMILES string of the molecule is Cc1cccc(S(=O)(=O)NCCc2nc(-c3ccccc3F)no2)c1. The van der Waals surface area contributed by atoms with Crippen LogP contribution in [-0.2, 0) is 16.4 Å². The molecule has 1 N–H and O–H groups in total. The summed E-state index contributed by atoms with van der Waals surface area (Å²) in [5.74, 6) is -0.0881. The maximum atomic E-state index is 13.7. The molecule has 0 radical (unpaired) electrons. The van der Waals surface area contributed by atoms with Gasteiger partial charge in [0.2, 0.25) is 21.7 Å². The number of rotatable bonds is 6. The van der Waals surface area contributed by atoms with Crippen molar-refractivity contribution in [2.45, 2.75) is 18.2 Å². The lowest BCUT2D eigenvalue weighted by atomic mass is 10.2. The van der Waals surface area contributed by atoms with Gasteiger partial charge >= 0.3 is 0 Å². The topological polar surface area (TPSA) is 85.1 Å². The van der Waals surface area contributed by atoms with Crippen molar-refractivity contribution in [3.05, 3.63) is 65.8 Å². The molecular weight excluding hydrogens is 345 g/mol. The highest BCUT2D eigenvalue weighted by Gasteiger charge is 2.15. The van der Waals surface area contributed by atoms with Crippen molar-refractivity contribution >= 4 is 10.0 Å². The lowest BCUT2D eigenvalue weighted by molar-refractivity contribution is 0.378. The van der Waals surface area contributed by atoms with E-state index >= 15 is 0 Å². The van der Waals surface area contributed by atoms with Crippen LogP contribution < -0.4 is 4.72 Å². The molecule has 0 spiro atoms. The van der Waals surface area contributed by atoms with Crippen LogP contribution in [0.15, 0.2) is 57.9 Å². The average Bonchev–Trinajstić information content (AvgIpc) is 3.04. The maximum Gasteiger partial charge on any atom is 0.240 e. The number of hydrogen-bond acceptors (Lipinski definition) is 5. The van der Waals surface area contributed by atoms with E-state index in [1.807, 2.05) is 13.0 Å². The van der Waals surface area contributed by atoms with Crippen LogP contribution >= 0.6 is 0 Å². The Kier molecular flexibility index (Phi) is 4.91. The van der Waals surface area contributed by atoms with Crippen LogP contribution in [-0.4, -0.2) is 25.1 Å². The van der Waals surface area contributed by atoms with Gasteiger partial charge in [-0.3, -0.25) is 0 Å². The monoisotopic (exact) mass is 361 g/mol. The number of nitrogens with one attached hydrogen (secondary N) is 1. The molecule has 3 aromatic rings. The second-order valence-electron chi connectivity index (χ2n) is 5.46. The van der Waals surface area contributed by atoms with Gasteiger partial charge in [-0.25, -0.2) is 17.5 Å². The predicted octanol–water partition coefficient (Wildman–Crippen LogP) is 2.71. The number of aryl methyl sites for hydroxylation is 1. The molecule has 0 aliphatic heterocycles. The molecule has 0 aliphatic rings. The molecule has 8 heteroatoms. The number of nitrogens with zero attached hydrogens (tertiary/aromatic N) is 2. The van der Waals surface area contributed by atoms with Crippen molar-refractivity contribution < 1.29 is 17.3 Å². The van der Waals surface area contributed by atoms with Gasteiger partial charge in [0.1, 0.15) is 5.82 Å². The van der Waals surface area contributed by atoms with E-state index in [4.69, 9.17) is 4.52 Å². The molecule has 6 nitrogen and oxygen atoms in total. The summed E-state index contributed by atoms with van der Waals surface area (Å²) in [5.41, 5.74) is 1.09. The maximum absolute atomic E-state index is 13.7. The summed E-state index contributed by atoms with van der Waals surface area (Å²) in [6.45, 7) is 1.91. The fourth-order valence-electron chi connectivity index (χ4n) is 2.27. The lowest BCUT2D eigenvalue weighted by Crippen LogP contribution is -2.26. The zero-order chi connectivity index (χ0) is 17.9. The largest absolute Gasteiger partial charge is 0.339 e. The van der Waals surface area contributed by atoms with E-state index in [2.05, 4.69) is 14.9 Å². The summed E-state index contributed by atoms with van der Waals surface area (Å²) in [7, 11) is -3.60. The molecule has 0 bridgehead atoms. The first-order chi connectivity index (χ1) is 12.0. The third-order valence-corrected chi connectivity index (χ3v) is 4.97. The van der Waals surface area contributed by atoms with Crippen LogP contribution in [0.25, 0.3) is 11.4 Å². The van der Waals surface area contributed by atoms with E-state index in [0.717, 1.165) is 5.56 Å². The minimum atomic E-state index is -3.60. The zero-order valence-corrected chi connectivity index (χ0v) is 14.3. The van der Waals surface area contributed by atoms with E-state index in [1.54, 1.807) is 30.3 Å². The van der Waals surface area contributed by atoms with Crippen LogP contribution in [0.4, 0.5) is 4.39 Å². The molecule has 0 amide bonds. The summed E-state index contributed by atoms with van der Waals surface area (Å²) in [6, 6.07) is 12.7. The van der Waals surface area contributed by atoms with Gasteiger partial charge in [0, 0.05) is 13.0 Å².